The molecule has 16 heavy (non-hydrogen) atoms. The van der Waals surface area contributed by atoms with E-state index in [1.807, 2.05) is 43.3 Å². The number of nitrogens with two attached hydrogens (primary N) is 1. The van der Waals surface area contributed by atoms with Crippen LogP contribution in [0.4, 0.5) is 11.4 Å². The fraction of sp³-hybridized carbons (Fsp3) is 0.400. The van der Waals surface area contributed by atoms with Crippen molar-refractivity contribution < 1.29 is 8.42 Å². The van der Waals surface area contributed by atoms with Crippen LogP contribution in [0.2, 0.25) is 0 Å². The van der Waals surface area contributed by atoms with E-state index in [-0.39, 0.29) is 5.75 Å². The molecule has 0 fully saturated rings. The molecule has 0 saturated heterocycles. The van der Waals surface area contributed by atoms with E-state index in [2.05, 4.69) is 5.32 Å². The molecular weight excluding hydrogens is 226 g/mol. The van der Waals surface area contributed by atoms with Crippen LogP contribution in [0.5, 0.6) is 0 Å². The largest absolute Gasteiger partial charge is 0.382 e. The van der Waals surface area contributed by atoms with Gasteiger partial charge in [0.1, 0.15) is 0 Å². The number of para-hydroxylation sites is 2. The molecule has 0 atom stereocenters. The van der Waals surface area contributed by atoms with Crippen LogP contribution in [0, 0.1) is 0 Å². The summed E-state index contributed by atoms with van der Waals surface area (Å²) in [6, 6.07) is 7.68. The fourth-order valence-electron chi connectivity index (χ4n) is 1.34. The Balaban J connectivity index is 2.67. The van der Waals surface area contributed by atoms with Crippen molar-refractivity contribution in [3.8, 4) is 0 Å². The van der Waals surface area contributed by atoms with Crippen LogP contribution in [0.1, 0.15) is 0 Å². The summed E-state index contributed by atoms with van der Waals surface area (Å²) in [4.78, 5) is 1.96. The highest BCUT2D eigenvalue weighted by atomic mass is 32.2. The first-order chi connectivity index (χ1) is 7.40. The van der Waals surface area contributed by atoms with Gasteiger partial charge in [0, 0.05) is 20.6 Å². The molecule has 0 spiro atoms. The highest BCUT2D eigenvalue weighted by Gasteiger charge is 2.05. The van der Waals surface area contributed by atoms with Gasteiger partial charge in [0.25, 0.3) is 0 Å². The molecule has 6 heteroatoms. The number of benzene rings is 1. The third-order valence-electron chi connectivity index (χ3n) is 2.09. The average Bonchev–Trinajstić information content (AvgIpc) is 2.16. The van der Waals surface area contributed by atoms with Crippen LogP contribution in [-0.4, -0.2) is 34.8 Å². The van der Waals surface area contributed by atoms with Gasteiger partial charge in [-0.1, -0.05) is 12.1 Å². The average molecular weight is 243 g/mol. The summed E-state index contributed by atoms with van der Waals surface area (Å²) in [7, 11) is 0.458. The van der Waals surface area contributed by atoms with E-state index in [4.69, 9.17) is 5.14 Å². The zero-order valence-electron chi connectivity index (χ0n) is 9.47. The molecule has 1 rings (SSSR count). The fourth-order valence-corrected chi connectivity index (χ4v) is 1.73. The zero-order chi connectivity index (χ0) is 12.2. The summed E-state index contributed by atoms with van der Waals surface area (Å²) in [5, 5.41) is 7.97. The lowest BCUT2D eigenvalue weighted by molar-refractivity contribution is 0.598. The van der Waals surface area contributed by atoms with Crippen molar-refractivity contribution in [2.45, 2.75) is 0 Å². The van der Waals surface area contributed by atoms with E-state index < -0.39 is 10.0 Å². The quantitative estimate of drug-likeness (QED) is 0.787. The zero-order valence-corrected chi connectivity index (χ0v) is 10.3. The van der Waals surface area contributed by atoms with Crippen LogP contribution < -0.4 is 15.4 Å². The molecule has 5 nitrogen and oxygen atoms in total. The Labute approximate surface area is 96.3 Å². The van der Waals surface area contributed by atoms with Gasteiger partial charge in [-0.15, -0.1) is 0 Å². The van der Waals surface area contributed by atoms with Crippen molar-refractivity contribution >= 4 is 21.4 Å². The van der Waals surface area contributed by atoms with E-state index in [1.165, 1.54) is 0 Å². The topological polar surface area (TPSA) is 75.4 Å². The summed E-state index contributed by atoms with van der Waals surface area (Å²) in [5.41, 5.74) is 1.91. The molecule has 0 unspecified atom stereocenters. The maximum Gasteiger partial charge on any atom is 0.210 e. The van der Waals surface area contributed by atoms with E-state index in [1.54, 1.807) is 0 Å². The van der Waals surface area contributed by atoms with Gasteiger partial charge in [-0.2, -0.15) is 0 Å². The first-order valence-electron chi connectivity index (χ1n) is 4.91. The minimum atomic E-state index is -3.40. The molecule has 0 amide bonds. The lowest BCUT2D eigenvalue weighted by atomic mass is 10.2. The smallest absolute Gasteiger partial charge is 0.210 e. The van der Waals surface area contributed by atoms with Gasteiger partial charge < -0.3 is 10.2 Å². The predicted octanol–water partition coefficient (Wildman–Crippen LogP) is 0.453. The molecule has 0 saturated carbocycles. The molecule has 90 valence electrons. The van der Waals surface area contributed by atoms with Gasteiger partial charge in [0.15, 0.2) is 0 Å². The van der Waals surface area contributed by atoms with Crippen molar-refractivity contribution in [3.63, 3.8) is 0 Å². The maximum absolute atomic E-state index is 10.8. The first kappa shape index (κ1) is 12.8. The monoisotopic (exact) mass is 243 g/mol. The van der Waals surface area contributed by atoms with Gasteiger partial charge in [0.05, 0.1) is 17.1 Å². The second-order valence-electron chi connectivity index (χ2n) is 3.71. The lowest BCUT2D eigenvalue weighted by Crippen LogP contribution is -2.23. The molecule has 1 aromatic rings. The van der Waals surface area contributed by atoms with Gasteiger partial charge >= 0.3 is 0 Å². The van der Waals surface area contributed by atoms with Crippen molar-refractivity contribution in [2.75, 3.05) is 36.6 Å². The molecule has 3 N–H and O–H groups in total. The maximum atomic E-state index is 10.8. The Kier molecular flexibility index (Phi) is 4.14. The molecule has 1 aromatic carbocycles. The van der Waals surface area contributed by atoms with Crippen molar-refractivity contribution in [2.24, 2.45) is 5.14 Å². The number of hydrogen-bond acceptors (Lipinski definition) is 4. The second kappa shape index (κ2) is 5.18. The molecule has 0 aromatic heterocycles. The van der Waals surface area contributed by atoms with Gasteiger partial charge in [0.2, 0.25) is 10.0 Å². The first-order valence-corrected chi connectivity index (χ1v) is 6.62. The van der Waals surface area contributed by atoms with Crippen molar-refractivity contribution in [1.29, 1.82) is 0 Å². The summed E-state index contributed by atoms with van der Waals surface area (Å²) in [6.45, 7) is 0.309. The minimum absolute atomic E-state index is 0.0746. The predicted molar refractivity (Wildman–Crippen MR) is 67.2 cm³/mol. The normalized spacial score (nSPS) is 11.2. The number of nitrogens with one attached hydrogen (secondary N) is 1. The Morgan fingerprint density at radius 2 is 1.94 bits per heavy atom. The molecule has 0 bridgehead atoms. The Morgan fingerprint density at radius 3 is 2.50 bits per heavy atom. The summed E-state index contributed by atoms with van der Waals surface area (Å²) in [6.07, 6.45) is 0. The SMILES string of the molecule is CN(C)c1ccccc1NCCS(N)(=O)=O. The van der Waals surface area contributed by atoms with E-state index >= 15 is 0 Å². The van der Waals surface area contributed by atoms with E-state index in [0.717, 1.165) is 11.4 Å². The lowest BCUT2D eigenvalue weighted by Gasteiger charge is -2.18. The van der Waals surface area contributed by atoms with Crippen LogP contribution in [0.3, 0.4) is 0 Å². The highest BCUT2D eigenvalue weighted by molar-refractivity contribution is 7.89. The third-order valence-corrected chi connectivity index (χ3v) is 2.86. The molecule has 0 aliphatic rings. The van der Waals surface area contributed by atoms with Gasteiger partial charge in [-0.3, -0.25) is 0 Å². The molecular formula is C10H17N3O2S. The van der Waals surface area contributed by atoms with Crippen LogP contribution in [-0.2, 0) is 10.0 Å². The van der Waals surface area contributed by atoms with Crippen LogP contribution in [0.15, 0.2) is 24.3 Å². The number of nitrogens with zero attached hydrogens (tertiary/aromatic N) is 1. The van der Waals surface area contributed by atoms with Gasteiger partial charge in [-0.05, 0) is 12.1 Å². The van der Waals surface area contributed by atoms with E-state index in [0.29, 0.717) is 6.54 Å². The van der Waals surface area contributed by atoms with E-state index in [9.17, 15) is 8.42 Å². The number of rotatable bonds is 5. The molecule has 0 radical (unpaired) electrons. The third kappa shape index (κ3) is 4.08. The van der Waals surface area contributed by atoms with Crippen LogP contribution >= 0.6 is 0 Å². The number of primary sulfonamides is 1. The summed E-state index contributed by atoms with van der Waals surface area (Å²) < 4.78 is 21.5. The summed E-state index contributed by atoms with van der Waals surface area (Å²) in [5.74, 6) is -0.0746. The minimum Gasteiger partial charge on any atom is -0.382 e. The van der Waals surface area contributed by atoms with Crippen LogP contribution in [0.25, 0.3) is 0 Å². The number of hydrogen-bond donors (Lipinski definition) is 2. The second-order valence-corrected chi connectivity index (χ2v) is 5.44. The number of sulfonamides is 1. The number of anilines is 2. The molecule has 0 heterocycles. The standard InChI is InChI=1S/C10H17N3O2S/c1-13(2)10-6-4-3-5-9(10)12-7-8-16(11,14)15/h3-6,12H,7-8H2,1-2H3,(H2,11,14,15). The van der Waals surface area contributed by atoms with Crippen molar-refractivity contribution in [3.05, 3.63) is 24.3 Å². The molecule has 0 aliphatic carbocycles. The molecule has 0 aliphatic heterocycles. The highest BCUT2D eigenvalue weighted by Crippen LogP contribution is 2.22. The van der Waals surface area contributed by atoms with Gasteiger partial charge in [-0.25, -0.2) is 13.6 Å². The Bertz CT molecular complexity index is 443. The summed E-state index contributed by atoms with van der Waals surface area (Å²) >= 11 is 0. The van der Waals surface area contributed by atoms with Crippen molar-refractivity contribution in [1.82, 2.24) is 0 Å². The Morgan fingerprint density at radius 1 is 1.31 bits per heavy atom. The Hall–Kier alpha value is -1.27.